The molecule has 0 amide bonds. The van der Waals surface area contributed by atoms with E-state index in [-0.39, 0.29) is 0 Å². The van der Waals surface area contributed by atoms with Gasteiger partial charge in [0.2, 0.25) is 0 Å². The molecule has 5 heteroatoms. The molecule has 0 fully saturated rings. The van der Waals surface area contributed by atoms with E-state index in [2.05, 4.69) is 32.0 Å². The van der Waals surface area contributed by atoms with Crippen molar-refractivity contribution in [3.8, 4) is 0 Å². The number of thioether (sulfide) groups is 1. The number of rotatable bonds is 3. The molecule has 0 unspecified atom stereocenters. The molecule has 88 valence electrons. The van der Waals surface area contributed by atoms with Crippen LogP contribution in [0.25, 0.3) is 0 Å². The highest BCUT2D eigenvalue weighted by Crippen LogP contribution is 2.25. The highest BCUT2D eigenvalue weighted by Gasteiger charge is 2.03. The van der Waals surface area contributed by atoms with Crippen LogP contribution < -0.4 is 5.73 Å². The summed E-state index contributed by atoms with van der Waals surface area (Å²) in [5.41, 5.74) is 7.80. The molecule has 0 saturated carbocycles. The van der Waals surface area contributed by atoms with Crippen molar-refractivity contribution >= 4 is 33.5 Å². The first-order valence-electron chi connectivity index (χ1n) is 5.12. The van der Waals surface area contributed by atoms with Crippen LogP contribution >= 0.6 is 27.7 Å². The minimum absolute atomic E-state index is 0.520. The van der Waals surface area contributed by atoms with Crippen molar-refractivity contribution in [2.45, 2.75) is 17.8 Å². The van der Waals surface area contributed by atoms with E-state index < -0.39 is 0 Å². The van der Waals surface area contributed by atoms with Crippen molar-refractivity contribution in [1.82, 2.24) is 9.97 Å². The Morgan fingerprint density at radius 2 is 2.06 bits per heavy atom. The van der Waals surface area contributed by atoms with Crippen molar-refractivity contribution in [3.63, 3.8) is 0 Å². The molecule has 0 saturated heterocycles. The fraction of sp³-hybridized carbons (Fsp3) is 0.167. The maximum atomic E-state index is 5.68. The minimum atomic E-state index is 0.520. The fourth-order valence-corrected chi connectivity index (χ4v) is 2.91. The number of hydrogen-bond donors (Lipinski definition) is 1. The second kappa shape index (κ2) is 5.51. The molecule has 1 aromatic carbocycles. The fourth-order valence-electron chi connectivity index (χ4n) is 1.39. The Labute approximate surface area is 113 Å². The van der Waals surface area contributed by atoms with E-state index in [1.54, 1.807) is 17.8 Å². The number of halogens is 1. The van der Waals surface area contributed by atoms with Gasteiger partial charge in [-0.15, -0.1) is 0 Å². The lowest BCUT2D eigenvalue weighted by Crippen LogP contribution is -1.96. The van der Waals surface area contributed by atoms with Crippen molar-refractivity contribution in [3.05, 3.63) is 46.1 Å². The number of anilines is 1. The summed E-state index contributed by atoms with van der Waals surface area (Å²) in [4.78, 5) is 8.53. The minimum Gasteiger partial charge on any atom is -0.384 e. The molecule has 0 aliphatic carbocycles. The van der Waals surface area contributed by atoms with Gasteiger partial charge < -0.3 is 5.73 Å². The second-order valence-electron chi connectivity index (χ2n) is 3.60. The Morgan fingerprint density at radius 1 is 1.29 bits per heavy atom. The SMILES string of the molecule is Cc1cc(N)nc(SCc2ccccc2Br)n1. The first-order valence-corrected chi connectivity index (χ1v) is 6.90. The van der Waals surface area contributed by atoms with E-state index in [9.17, 15) is 0 Å². The molecule has 0 bridgehead atoms. The molecule has 0 atom stereocenters. The molecule has 0 aliphatic heterocycles. The summed E-state index contributed by atoms with van der Waals surface area (Å²) in [5, 5.41) is 0.721. The number of aryl methyl sites for hydroxylation is 1. The van der Waals surface area contributed by atoms with Crippen molar-refractivity contribution in [1.29, 1.82) is 0 Å². The van der Waals surface area contributed by atoms with E-state index in [4.69, 9.17) is 5.73 Å². The van der Waals surface area contributed by atoms with Crippen LogP contribution in [0, 0.1) is 6.92 Å². The molecule has 3 nitrogen and oxygen atoms in total. The lowest BCUT2D eigenvalue weighted by atomic mass is 10.2. The second-order valence-corrected chi connectivity index (χ2v) is 5.39. The lowest BCUT2D eigenvalue weighted by Gasteiger charge is -2.04. The van der Waals surface area contributed by atoms with Crippen LogP contribution in [0.5, 0.6) is 0 Å². The van der Waals surface area contributed by atoms with Crippen molar-refractivity contribution < 1.29 is 0 Å². The number of nitrogen functional groups attached to an aromatic ring is 1. The summed E-state index contributed by atoms with van der Waals surface area (Å²) in [7, 11) is 0. The van der Waals surface area contributed by atoms with Gasteiger partial charge in [0, 0.05) is 22.0 Å². The van der Waals surface area contributed by atoms with Crippen LogP contribution in [0.1, 0.15) is 11.3 Å². The van der Waals surface area contributed by atoms with Gasteiger partial charge in [0.1, 0.15) is 5.82 Å². The number of nitrogens with zero attached hydrogens (tertiary/aromatic N) is 2. The standard InChI is InChI=1S/C12H12BrN3S/c1-8-6-11(14)16-12(15-8)17-7-9-4-2-3-5-10(9)13/h2-6H,7H2,1H3,(H2,14,15,16). The molecule has 2 aromatic rings. The highest BCUT2D eigenvalue weighted by atomic mass is 79.9. The topological polar surface area (TPSA) is 51.8 Å². The predicted octanol–water partition coefficient (Wildman–Crippen LogP) is 3.42. The van der Waals surface area contributed by atoms with Gasteiger partial charge in [-0.3, -0.25) is 0 Å². The molecule has 1 aromatic heterocycles. The normalized spacial score (nSPS) is 10.5. The first-order chi connectivity index (χ1) is 8.15. The summed E-state index contributed by atoms with van der Waals surface area (Å²) in [6, 6.07) is 9.89. The summed E-state index contributed by atoms with van der Waals surface area (Å²) < 4.78 is 1.10. The largest absolute Gasteiger partial charge is 0.384 e. The third-order valence-corrected chi connectivity index (χ3v) is 3.84. The number of aromatic nitrogens is 2. The van der Waals surface area contributed by atoms with Gasteiger partial charge in [-0.25, -0.2) is 9.97 Å². The average molecular weight is 310 g/mol. The summed E-state index contributed by atoms with van der Waals surface area (Å²) in [5.74, 6) is 1.34. The Balaban J connectivity index is 2.10. The van der Waals surface area contributed by atoms with E-state index in [1.807, 2.05) is 25.1 Å². The Hall–Kier alpha value is -1.07. The third kappa shape index (κ3) is 3.44. The van der Waals surface area contributed by atoms with E-state index in [0.717, 1.165) is 21.1 Å². The molecular weight excluding hydrogens is 298 g/mol. The van der Waals surface area contributed by atoms with Gasteiger partial charge in [-0.2, -0.15) is 0 Å². The summed E-state index contributed by atoms with van der Waals surface area (Å²) in [6.07, 6.45) is 0. The molecule has 2 rings (SSSR count). The van der Waals surface area contributed by atoms with Crippen molar-refractivity contribution in [2.24, 2.45) is 0 Å². The molecular formula is C12H12BrN3S. The first kappa shape index (κ1) is 12.4. The monoisotopic (exact) mass is 309 g/mol. The summed E-state index contributed by atoms with van der Waals surface area (Å²) in [6.45, 7) is 1.92. The van der Waals surface area contributed by atoms with Gasteiger partial charge >= 0.3 is 0 Å². The maximum absolute atomic E-state index is 5.68. The molecule has 17 heavy (non-hydrogen) atoms. The van der Waals surface area contributed by atoms with Crippen LogP contribution in [0.3, 0.4) is 0 Å². The quantitative estimate of drug-likeness (QED) is 0.697. The number of benzene rings is 1. The molecule has 0 aliphatic rings. The van der Waals surface area contributed by atoms with Gasteiger partial charge in [-0.05, 0) is 18.6 Å². The Morgan fingerprint density at radius 3 is 2.76 bits per heavy atom. The van der Waals surface area contributed by atoms with E-state index in [0.29, 0.717) is 5.82 Å². The van der Waals surface area contributed by atoms with Crippen LogP contribution in [0.2, 0.25) is 0 Å². The molecule has 0 radical (unpaired) electrons. The van der Waals surface area contributed by atoms with E-state index >= 15 is 0 Å². The molecule has 2 N–H and O–H groups in total. The maximum Gasteiger partial charge on any atom is 0.190 e. The lowest BCUT2D eigenvalue weighted by molar-refractivity contribution is 0.940. The smallest absolute Gasteiger partial charge is 0.190 e. The number of hydrogen-bond acceptors (Lipinski definition) is 4. The van der Waals surface area contributed by atoms with Gasteiger partial charge in [0.05, 0.1) is 0 Å². The average Bonchev–Trinajstić information content (AvgIpc) is 2.27. The van der Waals surface area contributed by atoms with Crippen LogP contribution in [0.4, 0.5) is 5.82 Å². The molecule has 1 heterocycles. The van der Waals surface area contributed by atoms with Crippen LogP contribution in [-0.2, 0) is 5.75 Å². The van der Waals surface area contributed by atoms with Gasteiger partial charge in [-0.1, -0.05) is 45.9 Å². The van der Waals surface area contributed by atoms with Gasteiger partial charge in [0.15, 0.2) is 5.16 Å². The Kier molecular flexibility index (Phi) is 4.02. The van der Waals surface area contributed by atoms with Gasteiger partial charge in [0.25, 0.3) is 0 Å². The van der Waals surface area contributed by atoms with Crippen molar-refractivity contribution in [2.75, 3.05) is 5.73 Å². The highest BCUT2D eigenvalue weighted by molar-refractivity contribution is 9.10. The Bertz CT molecular complexity index is 511. The third-order valence-electron chi connectivity index (χ3n) is 2.17. The van der Waals surface area contributed by atoms with Crippen LogP contribution in [-0.4, -0.2) is 9.97 Å². The zero-order chi connectivity index (χ0) is 12.3. The zero-order valence-corrected chi connectivity index (χ0v) is 11.8. The zero-order valence-electron chi connectivity index (χ0n) is 9.35. The molecule has 0 spiro atoms. The van der Waals surface area contributed by atoms with E-state index in [1.165, 1.54) is 5.56 Å². The number of nitrogens with two attached hydrogens (primary N) is 1. The predicted molar refractivity (Wildman–Crippen MR) is 74.9 cm³/mol. The summed E-state index contributed by atoms with van der Waals surface area (Å²) >= 11 is 5.10. The van der Waals surface area contributed by atoms with Crippen LogP contribution in [0.15, 0.2) is 40.0 Å².